The summed E-state index contributed by atoms with van der Waals surface area (Å²) in [5.74, 6) is 0. The largest absolute Gasteiger partial charge is 0.382 e. The van der Waals surface area contributed by atoms with Crippen molar-refractivity contribution in [2.24, 2.45) is 0 Å². The van der Waals surface area contributed by atoms with Gasteiger partial charge in [0.05, 0.1) is 44.3 Å². The number of rotatable bonds is 10. The van der Waals surface area contributed by atoms with E-state index in [0.717, 1.165) is 12.2 Å². The van der Waals surface area contributed by atoms with Gasteiger partial charge in [0.25, 0.3) is 0 Å². The molecule has 0 amide bonds. The molecule has 0 N–H and O–H groups in total. The molecule has 0 aliphatic carbocycles. The van der Waals surface area contributed by atoms with E-state index in [0.29, 0.717) is 38.6 Å². The molecule has 0 saturated heterocycles. The number of hydrogen-bond donors (Lipinski definition) is 0. The summed E-state index contributed by atoms with van der Waals surface area (Å²) < 4.78 is 15.7. The monoisotopic (exact) mass is 278 g/mol. The van der Waals surface area contributed by atoms with Crippen molar-refractivity contribution in [3.8, 4) is 6.07 Å². The summed E-state index contributed by atoms with van der Waals surface area (Å²) in [7, 11) is 3.60. The highest BCUT2D eigenvalue weighted by Crippen LogP contribution is 2.17. The first-order valence-electron chi connectivity index (χ1n) is 6.64. The molecule has 5 heteroatoms. The fraction of sp³-hybridized carbons (Fsp3) is 0.533. The van der Waals surface area contributed by atoms with Gasteiger partial charge in [-0.3, -0.25) is 0 Å². The van der Waals surface area contributed by atoms with E-state index in [2.05, 4.69) is 6.07 Å². The zero-order valence-corrected chi connectivity index (χ0v) is 12.2. The predicted molar refractivity (Wildman–Crippen MR) is 77.9 cm³/mol. The number of para-hydroxylation sites is 1. The van der Waals surface area contributed by atoms with Crippen LogP contribution >= 0.6 is 0 Å². The second-order valence-electron chi connectivity index (χ2n) is 4.27. The van der Waals surface area contributed by atoms with E-state index in [1.165, 1.54) is 0 Å². The smallest absolute Gasteiger partial charge is 0.101 e. The fourth-order valence-electron chi connectivity index (χ4n) is 1.69. The maximum atomic E-state index is 9.05. The summed E-state index contributed by atoms with van der Waals surface area (Å²) in [4.78, 5) is 2.02. The van der Waals surface area contributed by atoms with Gasteiger partial charge in [-0.2, -0.15) is 5.26 Å². The van der Waals surface area contributed by atoms with E-state index < -0.39 is 0 Å². The summed E-state index contributed by atoms with van der Waals surface area (Å²) in [6, 6.07) is 9.74. The molecule has 20 heavy (non-hydrogen) atoms. The zero-order chi connectivity index (χ0) is 14.6. The average Bonchev–Trinajstić information content (AvgIpc) is 2.49. The lowest BCUT2D eigenvalue weighted by molar-refractivity contribution is 0.0266. The lowest BCUT2D eigenvalue weighted by Crippen LogP contribution is -2.24. The summed E-state index contributed by atoms with van der Waals surface area (Å²) in [5, 5.41) is 9.05. The van der Waals surface area contributed by atoms with E-state index in [-0.39, 0.29) is 0 Å². The summed E-state index contributed by atoms with van der Waals surface area (Å²) >= 11 is 0. The van der Waals surface area contributed by atoms with Gasteiger partial charge in [-0.25, -0.2) is 0 Å². The Morgan fingerprint density at radius 2 is 1.70 bits per heavy atom. The molecule has 0 aliphatic heterocycles. The molecule has 1 aromatic carbocycles. The molecule has 0 radical (unpaired) electrons. The summed E-state index contributed by atoms with van der Waals surface area (Å²) in [5.41, 5.74) is 1.60. The molecular weight excluding hydrogens is 256 g/mol. The molecule has 1 aromatic rings. The first kappa shape index (κ1) is 16.4. The van der Waals surface area contributed by atoms with Crippen LogP contribution in [0, 0.1) is 11.3 Å². The lowest BCUT2D eigenvalue weighted by atomic mass is 10.2. The number of benzene rings is 1. The van der Waals surface area contributed by atoms with Crippen molar-refractivity contribution < 1.29 is 14.2 Å². The van der Waals surface area contributed by atoms with Crippen LogP contribution in [0.15, 0.2) is 24.3 Å². The van der Waals surface area contributed by atoms with Crippen molar-refractivity contribution in [2.45, 2.75) is 0 Å². The van der Waals surface area contributed by atoms with Crippen LogP contribution < -0.4 is 4.90 Å². The van der Waals surface area contributed by atoms with Crippen LogP contribution in [0.2, 0.25) is 0 Å². The Bertz CT molecular complexity index is 418. The zero-order valence-electron chi connectivity index (χ0n) is 12.2. The number of likely N-dealkylation sites (N-methyl/N-ethyl adjacent to an activating group) is 1. The fourth-order valence-corrected chi connectivity index (χ4v) is 1.69. The van der Waals surface area contributed by atoms with Gasteiger partial charge in [-0.15, -0.1) is 0 Å². The minimum absolute atomic E-state index is 0.567. The Labute approximate surface area is 120 Å². The van der Waals surface area contributed by atoms with Crippen LogP contribution in [-0.2, 0) is 14.2 Å². The normalized spacial score (nSPS) is 10.2. The minimum atomic E-state index is 0.567. The third kappa shape index (κ3) is 6.02. The van der Waals surface area contributed by atoms with Gasteiger partial charge in [0.15, 0.2) is 0 Å². The van der Waals surface area contributed by atoms with Gasteiger partial charge in [0.2, 0.25) is 0 Å². The van der Waals surface area contributed by atoms with Gasteiger partial charge < -0.3 is 19.1 Å². The Morgan fingerprint density at radius 3 is 2.40 bits per heavy atom. The second kappa shape index (κ2) is 10.2. The third-order valence-corrected chi connectivity index (χ3v) is 2.81. The van der Waals surface area contributed by atoms with Crippen LogP contribution in [0.5, 0.6) is 0 Å². The van der Waals surface area contributed by atoms with Crippen molar-refractivity contribution in [2.75, 3.05) is 58.6 Å². The first-order valence-corrected chi connectivity index (χ1v) is 6.64. The van der Waals surface area contributed by atoms with Gasteiger partial charge in [-0.05, 0) is 12.1 Å². The SMILES string of the molecule is COCCOCCOCCN(C)c1ccccc1C#N. The highest BCUT2D eigenvalue weighted by Gasteiger charge is 2.05. The summed E-state index contributed by atoms with van der Waals surface area (Å²) in [6.07, 6.45) is 0. The Hall–Kier alpha value is -1.61. The van der Waals surface area contributed by atoms with Crippen LogP contribution in [0.3, 0.4) is 0 Å². The maximum absolute atomic E-state index is 9.05. The number of ether oxygens (including phenoxy) is 3. The second-order valence-corrected chi connectivity index (χ2v) is 4.27. The Morgan fingerprint density at radius 1 is 1.05 bits per heavy atom. The molecule has 0 aliphatic rings. The first-order chi connectivity index (χ1) is 9.79. The van der Waals surface area contributed by atoms with Crippen LogP contribution in [-0.4, -0.2) is 53.7 Å². The third-order valence-electron chi connectivity index (χ3n) is 2.81. The predicted octanol–water partition coefficient (Wildman–Crippen LogP) is 1.67. The van der Waals surface area contributed by atoms with Crippen molar-refractivity contribution in [1.29, 1.82) is 5.26 Å². The van der Waals surface area contributed by atoms with E-state index in [1.54, 1.807) is 7.11 Å². The minimum Gasteiger partial charge on any atom is -0.382 e. The topological polar surface area (TPSA) is 54.7 Å². The number of nitrogens with zero attached hydrogens (tertiary/aromatic N) is 2. The van der Waals surface area contributed by atoms with Gasteiger partial charge in [-0.1, -0.05) is 12.1 Å². The van der Waals surface area contributed by atoms with E-state index >= 15 is 0 Å². The number of hydrogen-bond acceptors (Lipinski definition) is 5. The van der Waals surface area contributed by atoms with Crippen molar-refractivity contribution in [3.63, 3.8) is 0 Å². The molecule has 0 spiro atoms. The number of anilines is 1. The number of nitriles is 1. The van der Waals surface area contributed by atoms with Crippen LogP contribution in [0.1, 0.15) is 5.56 Å². The van der Waals surface area contributed by atoms with Gasteiger partial charge in [0, 0.05) is 20.7 Å². The number of methoxy groups -OCH3 is 1. The molecule has 1 rings (SSSR count). The lowest BCUT2D eigenvalue weighted by Gasteiger charge is -2.20. The molecule has 0 aromatic heterocycles. The molecule has 0 bridgehead atoms. The maximum Gasteiger partial charge on any atom is 0.101 e. The van der Waals surface area contributed by atoms with Crippen LogP contribution in [0.25, 0.3) is 0 Å². The molecule has 0 atom stereocenters. The van der Waals surface area contributed by atoms with Gasteiger partial charge >= 0.3 is 0 Å². The molecule has 110 valence electrons. The highest BCUT2D eigenvalue weighted by molar-refractivity contribution is 5.58. The standard InChI is InChI=1S/C15H22N2O3/c1-17(15-6-4-3-5-14(15)13-16)7-8-19-11-12-20-10-9-18-2/h3-6H,7-12H2,1-2H3. The highest BCUT2D eigenvalue weighted by atomic mass is 16.5. The summed E-state index contributed by atoms with van der Waals surface area (Å²) in [6.45, 7) is 3.67. The average molecular weight is 278 g/mol. The van der Waals surface area contributed by atoms with Crippen molar-refractivity contribution in [1.82, 2.24) is 0 Å². The van der Waals surface area contributed by atoms with Crippen molar-refractivity contribution >= 4 is 5.69 Å². The molecule has 0 unspecified atom stereocenters. The molecule has 5 nitrogen and oxygen atoms in total. The van der Waals surface area contributed by atoms with Crippen molar-refractivity contribution in [3.05, 3.63) is 29.8 Å². The molecular formula is C15H22N2O3. The van der Waals surface area contributed by atoms with E-state index in [1.807, 2.05) is 36.2 Å². The molecule has 0 fully saturated rings. The van der Waals surface area contributed by atoms with Crippen LogP contribution in [0.4, 0.5) is 5.69 Å². The quantitative estimate of drug-likeness (QED) is 0.609. The Balaban J connectivity index is 2.17. The molecule has 0 saturated carbocycles. The molecule has 0 heterocycles. The van der Waals surface area contributed by atoms with Gasteiger partial charge in [0.1, 0.15) is 6.07 Å². The van der Waals surface area contributed by atoms with E-state index in [4.69, 9.17) is 19.5 Å². The Kier molecular flexibility index (Phi) is 8.40. The van der Waals surface area contributed by atoms with E-state index in [9.17, 15) is 0 Å².